The highest BCUT2D eigenvalue weighted by Crippen LogP contribution is 2.36. The van der Waals surface area contributed by atoms with Crippen LogP contribution in [0.25, 0.3) is 60.9 Å². The molecule has 0 unspecified atom stereocenters. The standard InChI is InChI=1S/C28H28.C22H24.C20H18.C7H8.3C2H6/c1-21(2)14-19-28(27-18-17-25-12-8-9-13-26(25)20-27)23(4)16-15-22(3)24-10-6-5-7-11-24;1-15-9-5-7-11-19(15)21-13-14-22(18(4)17(21)3)20-12-8-6-10-16(20)2;1-2-16-8-6-11-18(14-16)20-13-7-12-19(15-20)17-9-4-3-5-10-17;1-7-5-3-2-4-6-7;3*1-2/h5-15,17-20H,4,16H2,1-3H3;5-7,9-11,13-14H,8,12H2,1-4H3;3-15H,2H2,1H3;2-6H,1H3;3*1-2H3/b22-15+,28-19-;;;;;;. The van der Waals surface area contributed by atoms with Gasteiger partial charge in [0.25, 0.3) is 0 Å². The lowest BCUT2D eigenvalue weighted by Gasteiger charge is -2.20. The van der Waals surface area contributed by atoms with Crippen LogP contribution in [0.3, 0.4) is 0 Å². The van der Waals surface area contributed by atoms with Gasteiger partial charge in [-0.3, -0.25) is 0 Å². The smallest absolute Gasteiger partial charge is 0.00912 e. The van der Waals surface area contributed by atoms with E-state index in [1.807, 2.05) is 59.7 Å². The predicted molar refractivity (Wildman–Crippen MR) is 374 cm³/mol. The molecule has 0 atom stereocenters. The van der Waals surface area contributed by atoms with Gasteiger partial charge in [0.1, 0.15) is 0 Å². The first-order valence-corrected chi connectivity index (χ1v) is 30.4. The molecule has 0 aromatic heterocycles. The van der Waals surface area contributed by atoms with Crippen molar-refractivity contribution in [1.82, 2.24) is 0 Å². The van der Waals surface area contributed by atoms with Crippen LogP contribution in [-0.4, -0.2) is 0 Å². The molecule has 428 valence electrons. The Balaban J connectivity index is 0.000000244. The second kappa shape index (κ2) is 36.9. The lowest BCUT2D eigenvalue weighted by Crippen LogP contribution is -1.99. The largest absolute Gasteiger partial charge is 0.0949 e. The molecule has 1 aliphatic carbocycles. The van der Waals surface area contributed by atoms with Gasteiger partial charge in [-0.2, -0.15) is 0 Å². The summed E-state index contributed by atoms with van der Waals surface area (Å²) in [5.74, 6) is 0. The summed E-state index contributed by atoms with van der Waals surface area (Å²) < 4.78 is 0. The lowest BCUT2D eigenvalue weighted by atomic mass is 9.85. The van der Waals surface area contributed by atoms with E-state index in [2.05, 4.69) is 299 Å². The van der Waals surface area contributed by atoms with Crippen molar-refractivity contribution in [2.24, 2.45) is 0 Å². The number of hydrogen-bond donors (Lipinski definition) is 0. The van der Waals surface area contributed by atoms with E-state index in [9.17, 15) is 0 Å². The van der Waals surface area contributed by atoms with E-state index in [0.29, 0.717) is 0 Å². The van der Waals surface area contributed by atoms with Crippen molar-refractivity contribution >= 4 is 27.5 Å². The van der Waals surface area contributed by atoms with Gasteiger partial charge in [-0.15, -0.1) is 0 Å². The Morgan fingerprint density at radius 2 is 0.988 bits per heavy atom. The van der Waals surface area contributed by atoms with Gasteiger partial charge in [0.05, 0.1) is 0 Å². The minimum Gasteiger partial charge on any atom is -0.0949 e. The van der Waals surface area contributed by atoms with Gasteiger partial charge in [-0.05, 0) is 204 Å². The zero-order valence-electron chi connectivity index (χ0n) is 53.2. The van der Waals surface area contributed by atoms with Gasteiger partial charge in [0, 0.05) is 0 Å². The van der Waals surface area contributed by atoms with E-state index in [1.54, 1.807) is 0 Å². The van der Waals surface area contributed by atoms with Crippen LogP contribution in [0, 0.1) is 27.7 Å². The molecule has 1 aliphatic rings. The number of allylic oxidation sites excluding steroid dienone is 11. The average molecular weight is 1090 g/mol. The molecule has 0 radical (unpaired) electrons. The van der Waals surface area contributed by atoms with Crippen LogP contribution in [0.4, 0.5) is 0 Å². The zero-order valence-corrected chi connectivity index (χ0v) is 53.2. The quantitative estimate of drug-likeness (QED) is 0.113. The molecule has 0 fully saturated rings. The Bertz CT molecular complexity index is 3530. The summed E-state index contributed by atoms with van der Waals surface area (Å²) in [7, 11) is 0. The molecule has 0 N–H and O–H groups in total. The number of fused-ring (bicyclic) bond motifs is 1. The van der Waals surface area contributed by atoms with Crippen LogP contribution in [0.2, 0.25) is 0 Å². The maximum Gasteiger partial charge on any atom is -0.00912 e. The van der Waals surface area contributed by atoms with Crippen molar-refractivity contribution in [1.29, 1.82) is 0 Å². The van der Waals surface area contributed by atoms with Crippen LogP contribution in [0.5, 0.6) is 0 Å². The summed E-state index contributed by atoms with van der Waals surface area (Å²) >= 11 is 0. The van der Waals surface area contributed by atoms with Gasteiger partial charge < -0.3 is 0 Å². The summed E-state index contributed by atoms with van der Waals surface area (Å²) in [6, 6.07) is 77.3. The Hall–Kier alpha value is -8.32. The van der Waals surface area contributed by atoms with Crippen molar-refractivity contribution < 1.29 is 0 Å². The van der Waals surface area contributed by atoms with Gasteiger partial charge in [0.15, 0.2) is 0 Å². The number of benzene rings is 9. The third kappa shape index (κ3) is 20.9. The summed E-state index contributed by atoms with van der Waals surface area (Å²) in [6.07, 6.45) is 15.4. The third-order valence-electron chi connectivity index (χ3n) is 14.4. The molecule has 0 aliphatic heterocycles. The number of hydrogen-bond acceptors (Lipinski definition) is 0. The number of rotatable bonds is 11. The van der Waals surface area contributed by atoms with Crippen LogP contribution in [0.1, 0.15) is 140 Å². The van der Waals surface area contributed by atoms with Gasteiger partial charge >= 0.3 is 0 Å². The Kier molecular flexibility index (Phi) is 29.9. The van der Waals surface area contributed by atoms with Crippen molar-refractivity contribution in [2.75, 3.05) is 0 Å². The molecule has 10 rings (SSSR count). The van der Waals surface area contributed by atoms with E-state index in [4.69, 9.17) is 0 Å². The molecule has 83 heavy (non-hydrogen) atoms. The van der Waals surface area contributed by atoms with Crippen molar-refractivity contribution in [2.45, 2.75) is 130 Å². The van der Waals surface area contributed by atoms with E-state index >= 15 is 0 Å². The SMILES string of the molecule is C=C(C/C=C(\C)c1ccccc1)/C(=C/C=C(C)C)c1ccc2ccccc2c1.CC.CC.CC.CC1=C(c2ccc(-c3ccccc3C)c(C)c2C)CCC=C1.CCc1cccc(-c2cccc(-c3ccccc3)c2)c1.Cc1ccccc1. The van der Waals surface area contributed by atoms with Crippen molar-refractivity contribution in [3.63, 3.8) is 0 Å². The Morgan fingerprint density at radius 3 is 1.59 bits per heavy atom. The summed E-state index contributed by atoms with van der Waals surface area (Å²) in [5.41, 5.74) is 26.4. The highest BCUT2D eigenvalue weighted by molar-refractivity contribution is 5.90. The highest BCUT2D eigenvalue weighted by atomic mass is 14.2. The first kappa shape index (κ1) is 67.2. The molecule has 9 aromatic rings. The van der Waals surface area contributed by atoms with Crippen LogP contribution in [0.15, 0.2) is 272 Å². The molecule has 0 heterocycles. The number of aryl methyl sites for hydroxylation is 3. The molecule has 0 nitrogen and oxygen atoms in total. The van der Waals surface area contributed by atoms with Crippen molar-refractivity contribution in [3.05, 3.63) is 317 Å². The Labute approximate surface area is 504 Å². The maximum atomic E-state index is 4.41. The molecule has 0 amide bonds. The van der Waals surface area contributed by atoms with Gasteiger partial charge in [0.2, 0.25) is 0 Å². The monoisotopic (exact) mass is 1090 g/mol. The fourth-order valence-electron chi connectivity index (χ4n) is 9.69. The normalized spacial score (nSPS) is 11.4. The minimum absolute atomic E-state index is 0.829. The third-order valence-corrected chi connectivity index (χ3v) is 14.4. The molecule has 0 saturated carbocycles. The molecule has 0 spiro atoms. The first-order valence-electron chi connectivity index (χ1n) is 30.4. The molecular weight excluding hydrogens is 997 g/mol. The summed E-state index contributed by atoms with van der Waals surface area (Å²) in [6.45, 7) is 36.0. The average Bonchev–Trinajstić information content (AvgIpc) is 3.54. The van der Waals surface area contributed by atoms with Crippen molar-refractivity contribution in [3.8, 4) is 33.4 Å². The van der Waals surface area contributed by atoms with Crippen LogP contribution < -0.4 is 0 Å². The fourth-order valence-corrected chi connectivity index (χ4v) is 9.69. The molecule has 0 saturated heterocycles. The molecule has 0 heteroatoms. The molecular formula is C83H96. The molecule has 0 bridgehead atoms. The van der Waals surface area contributed by atoms with E-state index in [1.165, 1.54) is 117 Å². The minimum atomic E-state index is 0.829. The van der Waals surface area contributed by atoms with Gasteiger partial charge in [-0.1, -0.05) is 303 Å². The maximum absolute atomic E-state index is 4.41. The second-order valence-corrected chi connectivity index (χ2v) is 20.4. The topological polar surface area (TPSA) is 0 Å². The Morgan fingerprint density at radius 1 is 0.458 bits per heavy atom. The van der Waals surface area contributed by atoms with Gasteiger partial charge in [-0.25, -0.2) is 0 Å². The van der Waals surface area contributed by atoms with E-state index < -0.39 is 0 Å². The van der Waals surface area contributed by atoms with Crippen LogP contribution in [-0.2, 0) is 6.42 Å². The highest BCUT2D eigenvalue weighted by Gasteiger charge is 2.15. The summed E-state index contributed by atoms with van der Waals surface area (Å²) in [5, 5.41) is 2.52. The molecule has 9 aromatic carbocycles. The van der Waals surface area contributed by atoms with E-state index in [0.717, 1.165) is 31.3 Å². The fraction of sp³-hybridized carbons (Fsp3) is 0.229. The first-order chi connectivity index (χ1) is 40.4. The van der Waals surface area contributed by atoms with E-state index in [-0.39, 0.29) is 0 Å². The zero-order chi connectivity index (χ0) is 60.5. The predicted octanol–water partition coefficient (Wildman–Crippen LogP) is 25.3. The lowest BCUT2D eigenvalue weighted by molar-refractivity contribution is 1.03. The second-order valence-electron chi connectivity index (χ2n) is 20.4. The van der Waals surface area contributed by atoms with Crippen LogP contribution >= 0.6 is 0 Å². The summed E-state index contributed by atoms with van der Waals surface area (Å²) in [4.78, 5) is 0.